The highest BCUT2D eigenvalue weighted by atomic mass is 32.2. The molecule has 2 saturated heterocycles. The average molecular weight is 410 g/mol. The largest absolute Gasteiger partial charge is 0.483 e. The number of primary amides is 1. The van der Waals surface area contributed by atoms with Crippen LogP contribution in [0.15, 0.2) is 23.1 Å². The Morgan fingerprint density at radius 2 is 1.89 bits per heavy atom. The maximum absolute atomic E-state index is 12.7. The molecule has 2 aliphatic heterocycles. The number of nitrogens with two attached hydrogens (primary N) is 1. The predicted octanol–water partition coefficient (Wildman–Crippen LogP) is 1.21. The van der Waals surface area contributed by atoms with E-state index < -0.39 is 15.9 Å². The Morgan fingerprint density at radius 3 is 2.54 bits per heavy atom. The van der Waals surface area contributed by atoms with Gasteiger partial charge in [-0.15, -0.1) is 0 Å². The molecule has 0 unspecified atom stereocenters. The summed E-state index contributed by atoms with van der Waals surface area (Å²) in [5, 5.41) is 0. The van der Waals surface area contributed by atoms with Crippen LogP contribution in [0.4, 0.5) is 0 Å². The number of ether oxygens (including phenoxy) is 1. The molecular weight excluding hydrogens is 382 g/mol. The van der Waals surface area contributed by atoms with Crippen molar-refractivity contribution in [2.75, 3.05) is 32.8 Å². The summed E-state index contributed by atoms with van der Waals surface area (Å²) in [5.41, 5.74) is 5.38. The van der Waals surface area contributed by atoms with Crippen LogP contribution in [0, 0.1) is 5.92 Å². The summed E-state index contributed by atoms with van der Waals surface area (Å²) < 4.78 is 32.3. The van der Waals surface area contributed by atoms with E-state index in [2.05, 4.69) is 6.92 Å². The van der Waals surface area contributed by atoms with E-state index in [1.54, 1.807) is 4.90 Å². The SMILES string of the molecule is C[C@H]1CCCN(C(=O)COc2ccc(S(=O)(=O)N3CCCC3)cc2C(N)=O)C1. The van der Waals surface area contributed by atoms with Gasteiger partial charge >= 0.3 is 0 Å². The monoisotopic (exact) mass is 409 g/mol. The summed E-state index contributed by atoms with van der Waals surface area (Å²) in [6.45, 7) is 4.21. The summed E-state index contributed by atoms with van der Waals surface area (Å²) in [4.78, 5) is 26.0. The minimum Gasteiger partial charge on any atom is -0.483 e. The summed E-state index contributed by atoms with van der Waals surface area (Å²) >= 11 is 0. The van der Waals surface area contributed by atoms with E-state index in [0.717, 1.165) is 25.7 Å². The van der Waals surface area contributed by atoms with Crippen LogP contribution >= 0.6 is 0 Å². The topological polar surface area (TPSA) is 110 Å². The minimum absolute atomic E-state index is 0.00623. The fourth-order valence-electron chi connectivity index (χ4n) is 3.71. The molecule has 0 aromatic heterocycles. The number of amides is 2. The lowest BCUT2D eigenvalue weighted by Gasteiger charge is -2.30. The first-order chi connectivity index (χ1) is 13.3. The van der Waals surface area contributed by atoms with Crippen molar-refractivity contribution in [3.63, 3.8) is 0 Å². The van der Waals surface area contributed by atoms with Gasteiger partial charge < -0.3 is 15.4 Å². The molecule has 2 heterocycles. The molecule has 1 aromatic rings. The molecule has 2 fully saturated rings. The van der Waals surface area contributed by atoms with Crippen LogP contribution < -0.4 is 10.5 Å². The molecular formula is C19H27N3O5S. The second kappa shape index (κ2) is 8.48. The normalized spacial score (nSPS) is 20.9. The van der Waals surface area contributed by atoms with E-state index in [4.69, 9.17) is 10.5 Å². The lowest BCUT2D eigenvalue weighted by Crippen LogP contribution is -2.41. The van der Waals surface area contributed by atoms with Gasteiger partial charge in [0, 0.05) is 26.2 Å². The van der Waals surface area contributed by atoms with Gasteiger partial charge in [-0.2, -0.15) is 4.31 Å². The van der Waals surface area contributed by atoms with Crippen molar-refractivity contribution in [2.45, 2.75) is 37.5 Å². The predicted molar refractivity (Wildman–Crippen MR) is 103 cm³/mol. The number of hydrogen-bond acceptors (Lipinski definition) is 5. The maximum atomic E-state index is 12.7. The van der Waals surface area contributed by atoms with Gasteiger partial charge in [0.15, 0.2) is 6.61 Å². The standard InChI is InChI=1S/C19H27N3O5S/c1-14-5-4-8-21(12-14)18(23)13-27-17-7-6-15(11-16(17)19(20)24)28(25,26)22-9-2-3-10-22/h6-7,11,14H,2-5,8-10,12-13H2,1H3,(H2,20,24)/t14-/m0/s1. The fraction of sp³-hybridized carbons (Fsp3) is 0.579. The first-order valence-electron chi connectivity index (χ1n) is 9.63. The number of carbonyl (C=O) groups is 2. The van der Waals surface area contributed by atoms with E-state index >= 15 is 0 Å². The molecule has 1 atom stereocenters. The van der Waals surface area contributed by atoms with Gasteiger partial charge in [-0.3, -0.25) is 9.59 Å². The van der Waals surface area contributed by atoms with Crippen molar-refractivity contribution in [1.82, 2.24) is 9.21 Å². The second-order valence-electron chi connectivity index (χ2n) is 7.51. The molecule has 2 amide bonds. The third kappa shape index (κ3) is 4.47. The maximum Gasteiger partial charge on any atom is 0.260 e. The Balaban J connectivity index is 1.74. The van der Waals surface area contributed by atoms with E-state index in [1.165, 1.54) is 22.5 Å². The number of piperidine rings is 1. The Hall–Kier alpha value is -2.13. The van der Waals surface area contributed by atoms with Crippen LogP contribution in [-0.4, -0.2) is 62.2 Å². The number of likely N-dealkylation sites (tertiary alicyclic amines) is 1. The minimum atomic E-state index is -3.67. The lowest BCUT2D eigenvalue weighted by molar-refractivity contribution is -0.135. The molecule has 0 saturated carbocycles. The summed E-state index contributed by atoms with van der Waals surface area (Å²) in [6, 6.07) is 4.02. The van der Waals surface area contributed by atoms with Crippen LogP contribution in [0.5, 0.6) is 5.75 Å². The smallest absolute Gasteiger partial charge is 0.260 e. The van der Waals surface area contributed by atoms with Crippen LogP contribution in [0.3, 0.4) is 0 Å². The summed E-state index contributed by atoms with van der Waals surface area (Å²) in [7, 11) is -3.67. The molecule has 1 aromatic carbocycles. The lowest BCUT2D eigenvalue weighted by atomic mass is 10.0. The number of rotatable bonds is 6. The Bertz CT molecular complexity index is 849. The fourth-order valence-corrected chi connectivity index (χ4v) is 5.26. The highest BCUT2D eigenvalue weighted by Gasteiger charge is 2.29. The van der Waals surface area contributed by atoms with Gasteiger partial charge in [-0.1, -0.05) is 6.92 Å². The average Bonchev–Trinajstić information content (AvgIpc) is 3.21. The molecule has 9 heteroatoms. The van der Waals surface area contributed by atoms with Gasteiger partial charge in [0.25, 0.3) is 11.8 Å². The highest BCUT2D eigenvalue weighted by molar-refractivity contribution is 7.89. The van der Waals surface area contributed by atoms with Crippen molar-refractivity contribution < 1.29 is 22.7 Å². The van der Waals surface area contributed by atoms with Crippen molar-refractivity contribution >= 4 is 21.8 Å². The number of sulfonamides is 1. The van der Waals surface area contributed by atoms with Crippen LogP contribution in [0.25, 0.3) is 0 Å². The molecule has 8 nitrogen and oxygen atoms in total. The van der Waals surface area contributed by atoms with Crippen molar-refractivity contribution in [2.24, 2.45) is 11.7 Å². The number of carbonyl (C=O) groups excluding carboxylic acids is 2. The van der Waals surface area contributed by atoms with Crippen LogP contribution in [0.2, 0.25) is 0 Å². The Labute approximate surface area is 165 Å². The molecule has 2 aliphatic rings. The van der Waals surface area contributed by atoms with Crippen molar-refractivity contribution in [3.8, 4) is 5.75 Å². The van der Waals surface area contributed by atoms with E-state index in [1.807, 2.05) is 0 Å². The Kier molecular flexibility index (Phi) is 6.24. The van der Waals surface area contributed by atoms with Gasteiger partial charge in [-0.05, 0) is 49.8 Å². The summed E-state index contributed by atoms with van der Waals surface area (Å²) in [5.74, 6) is -0.386. The zero-order chi connectivity index (χ0) is 20.3. The number of hydrogen-bond donors (Lipinski definition) is 1. The molecule has 0 radical (unpaired) electrons. The second-order valence-corrected chi connectivity index (χ2v) is 9.45. The third-order valence-electron chi connectivity index (χ3n) is 5.28. The first-order valence-corrected chi connectivity index (χ1v) is 11.1. The zero-order valence-electron chi connectivity index (χ0n) is 16.1. The molecule has 0 aliphatic carbocycles. The number of benzene rings is 1. The van der Waals surface area contributed by atoms with Crippen LogP contribution in [-0.2, 0) is 14.8 Å². The summed E-state index contributed by atoms with van der Waals surface area (Å²) in [6.07, 6.45) is 3.70. The number of nitrogens with zero attached hydrogens (tertiary/aromatic N) is 2. The van der Waals surface area contributed by atoms with Crippen molar-refractivity contribution in [3.05, 3.63) is 23.8 Å². The molecule has 2 N–H and O–H groups in total. The van der Waals surface area contributed by atoms with Gasteiger partial charge in [-0.25, -0.2) is 8.42 Å². The molecule has 0 spiro atoms. The molecule has 28 heavy (non-hydrogen) atoms. The molecule has 154 valence electrons. The highest BCUT2D eigenvalue weighted by Crippen LogP contribution is 2.26. The third-order valence-corrected chi connectivity index (χ3v) is 7.17. The van der Waals surface area contributed by atoms with Crippen molar-refractivity contribution in [1.29, 1.82) is 0 Å². The zero-order valence-corrected chi connectivity index (χ0v) is 16.9. The van der Waals surface area contributed by atoms with Gasteiger partial charge in [0.05, 0.1) is 10.5 Å². The first kappa shape index (κ1) is 20.6. The molecule has 0 bridgehead atoms. The van der Waals surface area contributed by atoms with Gasteiger partial charge in [0.2, 0.25) is 10.0 Å². The van der Waals surface area contributed by atoms with Crippen LogP contribution in [0.1, 0.15) is 43.0 Å². The van der Waals surface area contributed by atoms with E-state index in [9.17, 15) is 18.0 Å². The van der Waals surface area contributed by atoms with Gasteiger partial charge in [0.1, 0.15) is 5.75 Å². The van der Waals surface area contributed by atoms with E-state index in [0.29, 0.717) is 32.1 Å². The van der Waals surface area contributed by atoms with E-state index in [-0.39, 0.29) is 28.7 Å². The Morgan fingerprint density at radius 1 is 1.18 bits per heavy atom. The quantitative estimate of drug-likeness (QED) is 0.759. The molecule has 3 rings (SSSR count).